The zero-order valence-corrected chi connectivity index (χ0v) is 19.6. The van der Waals surface area contributed by atoms with Gasteiger partial charge >= 0.3 is 6.18 Å². The third-order valence-electron chi connectivity index (χ3n) is 7.72. The van der Waals surface area contributed by atoms with Crippen LogP contribution >= 0.6 is 0 Å². The predicted octanol–water partition coefficient (Wildman–Crippen LogP) is 3.96. The summed E-state index contributed by atoms with van der Waals surface area (Å²) >= 11 is 0. The molecule has 33 heavy (non-hydrogen) atoms. The zero-order valence-electron chi connectivity index (χ0n) is 19.6. The van der Waals surface area contributed by atoms with Gasteiger partial charge in [0.15, 0.2) is 0 Å². The minimum absolute atomic E-state index is 0.00656. The second kappa shape index (κ2) is 9.41. The van der Waals surface area contributed by atoms with E-state index in [0.717, 1.165) is 51.4 Å². The minimum Gasteiger partial charge on any atom is -0.481 e. The van der Waals surface area contributed by atoms with E-state index in [4.69, 9.17) is 9.47 Å². The van der Waals surface area contributed by atoms with Crippen molar-refractivity contribution in [3.05, 3.63) is 22.9 Å². The number of hydrogen-bond donors (Lipinski definition) is 1. The van der Waals surface area contributed by atoms with E-state index in [-0.39, 0.29) is 30.3 Å². The highest BCUT2D eigenvalue weighted by Gasteiger charge is 2.50. The third kappa shape index (κ3) is 4.85. The lowest BCUT2D eigenvalue weighted by molar-refractivity contribution is -0.146. The van der Waals surface area contributed by atoms with Crippen molar-refractivity contribution in [2.24, 2.45) is 11.3 Å². The molecular weight excluding hydrogens is 435 g/mol. The first kappa shape index (κ1) is 24.3. The first-order valence-corrected chi connectivity index (χ1v) is 11.9. The number of rotatable bonds is 5. The number of pyridine rings is 1. The lowest BCUT2D eigenvalue weighted by Gasteiger charge is -2.40. The Bertz CT molecular complexity index is 870. The number of alkyl halides is 3. The third-order valence-corrected chi connectivity index (χ3v) is 7.72. The van der Waals surface area contributed by atoms with Gasteiger partial charge in [0.2, 0.25) is 11.8 Å². The van der Waals surface area contributed by atoms with Crippen molar-refractivity contribution < 1.29 is 27.4 Å². The maximum atomic E-state index is 13.9. The molecule has 0 spiro atoms. The Morgan fingerprint density at radius 3 is 2.64 bits per heavy atom. The summed E-state index contributed by atoms with van der Waals surface area (Å²) in [7, 11) is 1.33. The number of nitrogens with one attached hydrogen (secondary N) is 1. The smallest absolute Gasteiger partial charge is 0.433 e. The summed E-state index contributed by atoms with van der Waals surface area (Å²) in [5.41, 5.74) is -0.335. The zero-order chi connectivity index (χ0) is 23.8. The number of fused-ring (bicyclic) bond motifs is 1. The van der Waals surface area contributed by atoms with E-state index in [1.54, 1.807) is 4.90 Å². The summed E-state index contributed by atoms with van der Waals surface area (Å²) in [4.78, 5) is 19.3. The molecule has 1 saturated carbocycles. The molecule has 3 heterocycles. The van der Waals surface area contributed by atoms with E-state index >= 15 is 0 Å². The molecule has 6 nitrogen and oxygen atoms in total. The summed E-state index contributed by atoms with van der Waals surface area (Å²) in [6.45, 7) is 6.32. The second-order valence-electron chi connectivity index (χ2n) is 9.93. The number of hydrogen-bond acceptors (Lipinski definition) is 5. The van der Waals surface area contributed by atoms with E-state index < -0.39 is 17.3 Å². The molecule has 1 amide bonds. The monoisotopic (exact) mass is 469 g/mol. The molecule has 0 aromatic carbocycles. The Hall–Kier alpha value is -1.87. The summed E-state index contributed by atoms with van der Waals surface area (Å²) in [5, 5.41) is 3.74. The normalized spacial score (nSPS) is 26.5. The average Bonchev–Trinajstić information content (AvgIpc) is 3.22. The van der Waals surface area contributed by atoms with E-state index in [2.05, 4.69) is 24.1 Å². The summed E-state index contributed by atoms with van der Waals surface area (Å²) in [6.07, 6.45) is 0.328. The van der Waals surface area contributed by atoms with Gasteiger partial charge in [-0.2, -0.15) is 13.2 Å². The minimum atomic E-state index is -4.57. The van der Waals surface area contributed by atoms with Gasteiger partial charge in [0.05, 0.1) is 12.5 Å². The Kier molecular flexibility index (Phi) is 6.92. The highest BCUT2D eigenvalue weighted by Crippen LogP contribution is 2.47. The van der Waals surface area contributed by atoms with Crippen molar-refractivity contribution in [2.75, 3.05) is 26.9 Å². The van der Waals surface area contributed by atoms with Gasteiger partial charge in [-0.05, 0) is 56.1 Å². The highest BCUT2D eigenvalue weighted by molar-refractivity contribution is 5.84. The Morgan fingerprint density at radius 1 is 1.27 bits per heavy atom. The maximum absolute atomic E-state index is 13.9. The largest absolute Gasteiger partial charge is 0.481 e. The summed E-state index contributed by atoms with van der Waals surface area (Å²) < 4.78 is 50.7. The molecular formula is C24H34F3N3O3. The van der Waals surface area contributed by atoms with Gasteiger partial charge < -0.3 is 19.7 Å². The van der Waals surface area contributed by atoms with E-state index in [0.29, 0.717) is 30.1 Å². The number of halogens is 3. The number of ether oxygens (including phenoxy) is 2. The van der Waals surface area contributed by atoms with Crippen LogP contribution in [0.5, 0.6) is 5.88 Å². The topological polar surface area (TPSA) is 63.7 Å². The van der Waals surface area contributed by atoms with E-state index in [9.17, 15) is 18.0 Å². The van der Waals surface area contributed by atoms with Gasteiger partial charge in [-0.3, -0.25) is 4.79 Å². The van der Waals surface area contributed by atoms with Crippen LogP contribution in [0.4, 0.5) is 13.2 Å². The number of amides is 1. The van der Waals surface area contributed by atoms with Crippen molar-refractivity contribution in [3.63, 3.8) is 0 Å². The lowest BCUT2D eigenvalue weighted by Crippen LogP contribution is -2.49. The van der Waals surface area contributed by atoms with Crippen LogP contribution in [-0.2, 0) is 28.7 Å². The Morgan fingerprint density at radius 2 is 2.00 bits per heavy atom. The molecule has 2 atom stereocenters. The van der Waals surface area contributed by atoms with Crippen LogP contribution in [0.2, 0.25) is 0 Å². The van der Waals surface area contributed by atoms with Gasteiger partial charge in [-0.25, -0.2) is 4.98 Å². The molecule has 0 bridgehead atoms. The molecule has 1 aliphatic carbocycles. The summed E-state index contributed by atoms with van der Waals surface area (Å²) in [6, 6.07) is 1.77. The van der Waals surface area contributed by atoms with Gasteiger partial charge in [-0.15, -0.1) is 0 Å². The van der Waals surface area contributed by atoms with Crippen molar-refractivity contribution in [2.45, 2.75) is 77.2 Å². The predicted molar refractivity (Wildman–Crippen MR) is 117 cm³/mol. The SMILES string of the molecule is COc1nc(C(F)(F)F)cc2c1CCN(C(=O)[C@@]1(C(C)C)CC[C@@H](NC3CCOCC3)C1)C2. The number of aromatic nitrogens is 1. The molecule has 9 heteroatoms. The second-order valence-corrected chi connectivity index (χ2v) is 9.93. The first-order chi connectivity index (χ1) is 15.6. The number of carbonyl (C=O) groups is 1. The number of methoxy groups -OCH3 is 1. The van der Waals surface area contributed by atoms with Crippen molar-refractivity contribution in [1.82, 2.24) is 15.2 Å². The molecule has 4 rings (SSSR count). The lowest BCUT2D eigenvalue weighted by atomic mass is 9.73. The molecule has 1 N–H and O–H groups in total. The fourth-order valence-electron chi connectivity index (χ4n) is 5.72. The number of nitrogens with zero attached hydrogens (tertiary/aromatic N) is 2. The molecule has 1 aromatic rings. The molecule has 1 saturated heterocycles. The van der Waals surface area contributed by atoms with Crippen LogP contribution < -0.4 is 10.1 Å². The van der Waals surface area contributed by atoms with Gasteiger partial charge in [-0.1, -0.05) is 13.8 Å². The molecule has 2 fully saturated rings. The summed E-state index contributed by atoms with van der Waals surface area (Å²) in [5.74, 6) is 0.210. The van der Waals surface area contributed by atoms with Crippen LogP contribution in [0, 0.1) is 11.3 Å². The van der Waals surface area contributed by atoms with Crippen LogP contribution in [0.3, 0.4) is 0 Å². The quantitative estimate of drug-likeness (QED) is 0.708. The van der Waals surface area contributed by atoms with Crippen LogP contribution in [0.25, 0.3) is 0 Å². The Labute approximate surface area is 193 Å². The van der Waals surface area contributed by atoms with Crippen molar-refractivity contribution in [3.8, 4) is 5.88 Å². The van der Waals surface area contributed by atoms with E-state index in [1.165, 1.54) is 7.11 Å². The Balaban J connectivity index is 1.52. The molecule has 0 radical (unpaired) electrons. The molecule has 184 valence electrons. The van der Waals surface area contributed by atoms with Gasteiger partial charge in [0.25, 0.3) is 0 Å². The maximum Gasteiger partial charge on any atom is 0.433 e. The fourth-order valence-corrected chi connectivity index (χ4v) is 5.72. The standard InChI is InChI=1S/C24H34F3N3O3/c1-15(2)23(8-4-18(13-23)28-17-6-10-33-11-7-17)22(31)30-9-5-19-16(14-30)12-20(24(25,26)27)29-21(19)32-3/h12,15,17-18,28H,4-11,13-14H2,1-3H3/t18-,23+/m1/s1. The van der Waals surface area contributed by atoms with Gasteiger partial charge in [0, 0.05) is 44.0 Å². The molecule has 1 aromatic heterocycles. The highest BCUT2D eigenvalue weighted by atomic mass is 19.4. The average molecular weight is 470 g/mol. The van der Waals surface area contributed by atoms with Crippen LogP contribution in [-0.4, -0.2) is 54.7 Å². The molecule has 2 aliphatic heterocycles. The first-order valence-electron chi connectivity index (χ1n) is 11.9. The fraction of sp³-hybridized carbons (Fsp3) is 0.750. The molecule has 0 unspecified atom stereocenters. The van der Waals surface area contributed by atoms with Crippen LogP contribution in [0.15, 0.2) is 6.07 Å². The van der Waals surface area contributed by atoms with Gasteiger partial charge in [0.1, 0.15) is 5.69 Å². The van der Waals surface area contributed by atoms with E-state index in [1.807, 2.05) is 0 Å². The van der Waals surface area contributed by atoms with Crippen molar-refractivity contribution in [1.29, 1.82) is 0 Å². The van der Waals surface area contributed by atoms with Crippen LogP contribution in [0.1, 0.15) is 62.8 Å². The number of carbonyl (C=O) groups excluding carboxylic acids is 1. The van der Waals surface area contributed by atoms with Crippen molar-refractivity contribution >= 4 is 5.91 Å². The molecule has 3 aliphatic rings.